The molecule has 21 heavy (non-hydrogen) atoms. The molecule has 0 aromatic carbocycles. The second-order valence-corrected chi connectivity index (χ2v) is 5.64. The Balaban J connectivity index is 1.57. The molecule has 110 valence electrons. The van der Waals surface area contributed by atoms with Crippen LogP contribution in [0.25, 0.3) is 10.8 Å². The third kappa shape index (κ3) is 3.13. The van der Waals surface area contributed by atoms with E-state index in [1.165, 1.54) is 11.3 Å². The molecule has 6 nitrogen and oxygen atoms in total. The highest BCUT2D eigenvalue weighted by Gasteiger charge is 2.19. The number of hydrogen-bond donors (Lipinski definition) is 1. The summed E-state index contributed by atoms with van der Waals surface area (Å²) in [5.41, 5.74) is 0.306. The van der Waals surface area contributed by atoms with E-state index >= 15 is 0 Å². The van der Waals surface area contributed by atoms with E-state index in [0.717, 1.165) is 25.9 Å². The van der Waals surface area contributed by atoms with Gasteiger partial charge in [0.1, 0.15) is 5.69 Å². The predicted octanol–water partition coefficient (Wildman–Crippen LogP) is 1.76. The van der Waals surface area contributed by atoms with Crippen LogP contribution in [0.15, 0.2) is 28.2 Å². The van der Waals surface area contributed by atoms with Crippen LogP contribution in [0.2, 0.25) is 0 Å². The average Bonchev–Trinajstić information content (AvgIpc) is 3.25. The van der Waals surface area contributed by atoms with Crippen LogP contribution >= 0.6 is 11.3 Å². The lowest BCUT2D eigenvalue weighted by Gasteiger charge is -2.14. The first-order valence-corrected chi connectivity index (χ1v) is 7.67. The van der Waals surface area contributed by atoms with Crippen LogP contribution in [0, 0.1) is 0 Å². The summed E-state index contributed by atoms with van der Waals surface area (Å²) in [6.07, 6.45) is 3.64. The zero-order valence-electron chi connectivity index (χ0n) is 11.4. The number of hydrogen-bond acceptors (Lipinski definition) is 5. The summed E-state index contributed by atoms with van der Waals surface area (Å²) in [5, 5.41) is 4.93. The summed E-state index contributed by atoms with van der Waals surface area (Å²) < 4.78 is 5.23. The molecule has 1 fully saturated rings. The van der Waals surface area contributed by atoms with Crippen molar-refractivity contribution in [3.63, 3.8) is 0 Å². The molecular weight excluding hydrogens is 290 g/mol. The molecule has 3 heterocycles. The van der Waals surface area contributed by atoms with E-state index in [1.807, 2.05) is 0 Å². The molecule has 0 aliphatic carbocycles. The summed E-state index contributed by atoms with van der Waals surface area (Å²) in [5.74, 6) is 0.256. The SMILES string of the molecule is O=C(NCC(=O)N1CCCC1)c1csc(-c2ccco2)n1. The fourth-order valence-electron chi connectivity index (χ4n) is 2.22. The van der Waals surface area contributed by atoms with Crippen molar-refractivity contribution in [3.05, 3.63) is 29.5 Å². The molecular formula is C14H15N3O3S. The fraction of sp³-hybridized carbons (Fsp3) is 0.357. The molecule has 3 rings (SSSR count). The highest BCUT2D eigenvalue weighted by Crippen LogP contribution is 2.23. The van der Waals surface area contributed by atoms with Gasteiger partial charge in [0.25, 0.3) is 5.91 Å². The molecule has 0 radical (unpaired) electrons. The van der Waals surface area contributed by atoms with Gasteiger partial charge in [-0.2, -0.15) is 0 Å². The van der Waals surface area contributed by atoms with Crippen molar-refractivity contribution in [2.75, 3.05) is 19.6 Å². The van der Waals surface area contributed by atoms with Crippen molar-refractivity contribution in [1.29, 1.82) is 0 Å². The van der Waals surface area contributed by atoms with Gasteiger partial charge in [-0.1, -0.05) is 0 Å². The summed E-state index contributed by atoms with van der Waals surface area (Å²) in [7, 11) is 0. The molecule has 1 aliphatic heterocycles. The number of amides is 2. The van der Waals surface area contributed by atoms with Crippen molar-refractivity contribution in [2.45, 2.75) is 12.8 Å². The standard InChI is InChI=1S/C14H15N3O3S/c18-12(17-5-1-2-6-17)8-15-13(19)10-9-21-14(16-10)11-4-3-7-20-11/h3-4,7,9H,1-2,5-6,8H2,(H,15,19). The zero-order valence-corrected chi connectivity index (χ0v) is 12.2. The van der Waals surface area contributed by atoms with Gasteiger partial charge in [-0.15, -0.1) is 11.3 Å². The topological polar surface area (TPSA) is 75.4 Å². The Kier molecular flexibility index (Phi) is 4.01. The number of carbonyl (C=O) groups excluding carboxylic acids is 2. The second kappa shape index (κ2) is 6.09. The Bertz CT molecular complexity index is 630. The highest BCUT2D eigenvalue weighted by molar-refractivity contribution is 7.13. The zero-order chi connectivity index (χ0) is 14.7. The maximum Gasteiger partial charge on any atom is 0.271 e. The van der Waals surface area contributed by atoms with E-state index < -0.39 is 0 Å². The molecule has 1 saturated heterocycles. The van der Waals surface area contributed by atoms with E-state index in [2.05, 4.69) is 10.3 Å². The summed E-state index contributed by atoms with van der Waals surface area (Å²) in [6.45, 7) is 1.59. The molecule has 1 aliphatic rings. The number of aromatic nitrogens is 1. The monoisotopic (exact) mass is 305 g/mol. The molecule has 0 atom stereocenters. The third-order valence-electron chi connectivity index (χ3n) is 3.33. The third-order valence-corrected chi connectivity index (χ3v) is 4.18. The molecule has 2 aromatic heterocycles. The normalized spacial score (nSPS) is 14.4. The van der Waals surface area contributed by atoms with Gasteiger partial charge in [0.15, 0.2) is 10.8 Å². The van der Waals surface area contributed by atoms with Crippen molar-refractivity contribution < 1.29 is 14.0 Å². The van der Waals surface area contributed by atoms with Crippen LogP contribution in [-0.2, 0) is 4.79 Å². The number of furan rings is 1. The highest BCUT2D eigenvalue weighted by atomic mass is 32.1. The van der Waals surface area contributed by atoms with Crippen molar-refractivity contribution >= 4 is 23.2 Å². The minimum absolute atomic E-state index is 0.0203. The van der Waals surface area contributed by atoms with Gasteiger partial charge < -0.3 is 14.6 Å². The van der Waals surface area contributed by atoms with E-state index in [4.69, 9.17) is 4.42 Å². The molecule has 0 bridgehead atoms. The predicted molar refractivity (Wildman–Crippen MR) is 78.0 cm³/mol. The van der Waals surface area contributed by atoms with Crippen molar-refractivity contribution in [3.8, 4) is 10.8 Å². The van der Waals surface area contributed by atoms with Gasteiger partial charge in [0.2, 0.25) is 5.91 Å². The summed E-state index contributed by atoms with van der Waals surface area (Å²) in [6, 6.07) is 3.56. The number of nitrogens with zero attached hydrogens (tertiary/aromatic N) is 2. The van der Waals surface area contributed by atoms with Gasteiger partial charge in [-0.25, -0.2) is 4.98 Å². The van der Waals surface area contributed by atoms with Crippen LogP contribution in [0.3, 0.4) is 0 Å². The number of thiazole rings is 1. The van der Waals surface area contributed by atoms with Crippen LogP contribution < -0.4 is 5.32 Å². The lowest BCUT2D eigenvalue weighted by molar-refractivity contribution is -0.129. The van der Waals surface area contributed by atoms with Crippen molar-refractivity contribution in [1.82, 2.24) is 15.2 Å². The summed E-state index contributed by atoms with van der Waals surface area (Å²) >= 11 is 1.33. The Morgan fingerprint density at radius 2 is 2.19 bits per heavy atom. The first kappa shape index (κ1) is 13.8. The van der Waals surface area contributed by atoms with Crippen molar-refractivity contribution in [2.24, 2.45) is 0 Å². The van der Waals surface area contributed by atoms with Crippen LogP contribution in [0.1, 0.15) is 23.3 Å². The van der Waals surface area contributed by atoms with Crippen LogP contribution in [-0.4, -0.2) is 41.3 Å². The quantitative estimate of drug-likeness (QED) is 0.934. The van der Waals surface area contributed by atoms with Crippen LogP contribution in [0.5, 0.6) is 0 Å². The molecule has 1 N–H and O–H groups in total. The van der Waals surface area contributed by atoms with E-state index in [-0.39, 0.29) is 18.4 Å². The molecule has 0 spiro atoms. The van der Waals surface area contributed by atoms with Gasteiger partial charge in [-0.3, -0.25) is 9.59 Å². The smallest absolute Gasteiger partial charge is 0.271 e. The molecule has 2 amide bonds. The fourth-order valence-corrected chi connectivity index (χ4v) is 2.98. The largest absolute Gasteiger partial charge is 0.462 e. The number of rotatable bonds is 4. The van der Waals surface area contributed by atoms with E-state index in [1.54, 1.807) is 28.7 Å². The van der Waals surface area contributed by atoms with Gasteiger partial charge in [-0.05, 0) is 25.0 Å². The molecule has 0 unspecified atom stereocenters. The maximum atomic E-state index is 12.0. The Morgan fingerprint density at radius 3 is 2.90 bits per heavy atom. The first-order chi connectivity index (χ1) is 10.2. The number of nitrogens with one attached hydrogen (secondary N) is 1. The van der Waals surface area contributed by atoms with Gasteiger partial charge >= 0.3 is 0 Å². The minimum atomic E-state index is -0.336. The lowest BCUT2D eigenvalue weighted by Crippen LogP contribution is -2.38. The molecule has 7 heteroatoms. The maximum absolute atomic E-state index is 12.0. The lowest BCUT2D eigenvalue weighted by atomic mass is 10.4. The first-order valence-electron chi connectivity index (χ1n) is 6.79. The number of likely N-dealkylation sites (tertiary alicyclic amines) is 1. The second-order valence-electron chi connectivity index (χ2n) is 4.79. The Morgan fingerprint density at radius 1 is 1.38 bits per heavy atom. The Labute approximate surface area is 125 Å². The number of carbonyl (C=O) groups is 2. The minimum Gasteiger partial charge on any atom is -0.462 e. The van der Waals surface area contributed by atoms with Gasteiger partial charge in [0.05, 0.1) is 12.8 Å². The molecule has 2 aromatic rings. The molecule has 0 saturated carbocycles. The van der Waals surface area contributed by atoms with Crippen LogP contribution in [0.4, 0.5) is 0 Å². The average molecular weight is 305 g/mol. The summed E-state index contributed by atoms with van der Waals surface area (Å²) in [4.78, 5) is 29.8. The van der Waals surface area contributed by atoms with E-state index in [0.29, 0.717) is 16.5 Å². The van der Waals surface area contributed by atoms with E-state index in [9.17, 15) is 9.59 Å². The van der Waals surface area contributed by atoms with Gasteiger partial charge in [0, 0.05) is 18.5 Å². The Hall–Kier alpha value is -2.15.